The van der Waals surface area contributed by atoms with E-state index in [9.17, 15) is 9.59 Å². The largest absolute Gasteiger partial charge is 0.455 e. The lowest BCUT2D eigenvalue weighted by Gasteiger charge is -2.13. The first-order valence-electron chi connectivity index (χ1n) is 9.33. The van der Waals surface area contributed by atoms with E-state index in [0.29, 0.717) is 17.2 Å². The summed E-state index contributed by atoms with van der Waals surface area (Å²) in [7, 11) is 0. The van der Waals surface area contributed by atoms with Gasteiger partial charge in [0.05, 0.1) is 21.3 Å². The first-order valence-corrected chi connectivity index (χ1v) is 10.1. The van der Waals surface area contributed by atoms with Gasteiger partial charge in [-0.3, -0.25) is 10.1 Å². The van der Waals surface area contributed by atoms with Gasteiger partial charge in [0.2, 0.25) is 0 Å². The second-order valence-corrected chi connectivity index (χ2v) is 7.43. The predicted octanol–water partition coefficient (Wildman–Crippen LogP) is 6.90. The summed E-state index contributed by atoms with van der Waals surface area (Å²) in [5.41, 5.74) is 0.424. The Balaban J connectivity index is 1.50. The van der Waals surface area contributed by atoms with Crippen molar-refractivity contribution in [3.05, 3.63) is 101 Å². The van der Waals surface area contributed by atoms with Crippen molar-refractivity contribution in [2.75, 3.05) is 5.32 Å². The van der Waals surface area contributed by atoms with Gasteiger partial charge >= 0.3 is 6.03 Å². The number of imide groups is 1. The van der Waals surface area contributed by atoms with Gasteiger partial charge in [-0.2, -0.15) is 0 Å². The van der Waals surface area contributed by atoms with Gasteiger partial charge in [0.25, 0.3) is 5.91 Å². The van der Waals surface area contributed by atoms with E-state index in [1.54, 1.807) is 30.3 Å². The molecule has 4 aromatic carbocycles. The Morgan fingerprint density at radius 1 is 0.742 bits per heavy atom. The molecule has 0 fully saturated rings. The smallest absolute Gasteiger partial charge is 0.326 e. The van der Waals surface area contributed by atoms with Crippen molar-refractivity contribution in [3.8, 4) is 11.5 Å². The van der Waals surface area contributed by atoms with Gasteiger partial charge in [0.15, 0.2) is 5.75 Å². The lowest BCUT2D eigenvalue weighted by molar-refractivity contribution is 0.0967. The Morgan fingerprint density at radius 3 is 2.19 bits per heavy atom. The molecule has 0 saturated carbocycles. The van der Waals surface area contributed by atoms with Gasteiger partial charge in [-0.05, 0) is 47.2 Å². The van der Waals surface area contributed by atoms with Crippen molar-refractivity contribution in [3.63, 3.8) is 0 Å². The van der Waals surface area contributed by atoms with Crippen LogP contribution in [0.25, 0.3) is 10.8 Å². The summed E-state index contributed by atoms with van der Waals surface area (Å²) in [5, 5.41) is 7.28. The monoisotopic (exact) mass is 450 g/mol. The number of anilines is 1. The first-order chi connectivity index (χ1) is 15.0. The van der Waals surface area contributed by atoms with E-state index in [0.717, 1.165) is 10.8 Å². The molecule has 7 heteroatoms. The summed E-state index contributed by atoms with van der Waals surface area (Å²) in [6, 6.07) is 24.5. The quantitative estimate of drug-likeness (QED) is 0.355. The zero-order chi connectivity index (χ0) is 21.8. The number of amides is 3. The predicted molar refractivity (Wildman–Crippen MR) is 123 cm³/mol. The SMILES string of the molecule is O=C(NC(=O)c1c(Cl)cccc1Cl)Nc1ccccc1Oc1ccc2ccccc2c1. The Hall–Kier alpha value is -3.54. The van der Waals surface area contributed by atoms with Crippen LogP contribution in [0.1, 0.15) is 10.4 Å². The summed E-state index contributed by atoms with van der Waals surface area (Å²) >= 11 is 12.1. The summed E-state index contributed by atoms with van der Waals surface area (Å²) < 4.78 is 5.98. The second kappa shape index (κ2) is 9.08. The van der Waals surface area contributed by atoms with Crippen LogP contribution in [-0.2, 0) is 0 Å². The zero-order valence-electron chi connectivity index (χ0n) is 16.1. The van der Waals surface area contributed by atoms with E-state index < -0.39 is 11.9 Å². The molecule has 4 rings (SSSR count). The van der Waals surface area contributed by atoms with Crippen molar-refractivity contribution in [2.24, 2.45) is 0 Å². The molecule has 0 unspecified atom stereocenters. The summed E-state index contributed by atoms with van der Waals surface area (Å²) in [6.45, 7) is 0. The van der Waals surface area contributed by atoms with Crippen LogP contribution in [0.4, 0.5) is 10.5 Å². The van der Waals surface area contributed by atoms with Gasteiger partial charge in [0, 0.05) is 0 Å². The van der Waals surface area contributed by atoms with Crippen LogP contribution in [0.15, 0.2) is 84.9 Å². The zero-order valence-corrected chi connectivity index (χ0v) is 17.6. The number of para-hydroxylation sites is 2. The minimum absolute atomic E-state index is 0.0293. The van der Waals surface area contributed by atoms with E-state index >= 15 is 0 Å². The highest BCUT2D eigenvalue weighted by molar-refractivity contribution is 6.40. The number of carbonyl (C=O) groups is 2. The number of urea groups is 1. The highest BCUT2D eigenvalue weighted by Crippen LogP contribution is 2.31. The Bertz CT molecular complexity index is 1270. The van der Waals surface area contributed by atoms with Gasteiger partial charge in [-0.15, -0.1) is 0 Å². The average molecular weight is 451 g/mol. The molecule has 0 aromatic heterocycles. The van der Waals surface area contributed by atoms with Crippen LogP contribution in [0, 0.1) is 0 Å². The second-order valence-electron chi connectivity index (χ2n) is 6.61. The molecule has 0 saturated heterocycles. The Morgan fingerprint density at radius 2 is 1.42 bits per heavy atom. The molecule has 5 nitrogen and oxygen atoms in total. The topological polar surface area (TPSA) is 67.4 Å². The molecule has 0 aliphatic heterocycles. The van der Waals surface area contributed by atoms with Crippen LogP contribution in [0.3, 0.4) is 0 Å². The third-order valence-corrected chi connectivity index (χ3v) is 5.13. The molecule has 0 atom stereocenters. The van der Waals surface area contributed by atoms with E-state index in [-0.39, 0.29) is 15.6 Å². The lowest BCUT2D eigenvalue weighted by atomic mass is 10.1. The third kappa shape index (κ3) is 4.79. The normalized spacial score (nSPS) is 10.5. The number of halogens is 2. The minimum Gasteiger partial charge on any atom is -0.455 e. The standard InChI is InChI=1S/C24H16Cl2N2O3/c25-18-8-5-9-19(26)22(18)23(29)28-24(30)27-20-10-3-4-11-21(20)31-17-13-12-15-6-1-2-7-16(15)14-17/h1-14H,(H2,27,28,29,30). The Labute approximate surface area is 188 Å². The van der Waals surface area contributed by atoms with E-state index in [4.69, 9.17) is 27.9 Å². The maximum Gasteiger partial charge on any atom is 0.326 e. The van der Waals surface area contributed by atoms with Gasteiger partial charge in [-0.1, -0.05) is 71.7 Å². The number of benzene rings is 4. The van der Waals surface area contributed by atoms with Crippen LogP contribution in [0.5, 0.6) is 11.5 Å². The highest BCUT2D eigenvalue weighted by Gasteiger charge is 2.18. The van der Waals surface area contributed by atoms with Crippen molar-refractivity contribution in [2.45, 2.75) is 0 Å². The molecule has 154 valence electrons. The molecule has 31 heavy (non-hydrogen) atoms. The van der Waals surface area contributed by atoms with Crippen molar-refractivity contribution in [1.82, 2.24) is 5.32 Å². The van der Waals surface area contributed by atoms with Crippen LogP contribution in [0.2, 0.25) is 10.0 Å². The van der Waals surface area contributed by atoms with E-state index in [2.05, 4.69) is 10.6 Å². The molecule has 3 amide bonds. The maximum atomic E-state index is 12.4. The van der Waals surface area contributed by atoms with Gasteiger partial charge in [-0.25, -0.2) is 4.79 Å². The Kier molecular flexibility index (Phi) is 6.07. The fourth-order valence-corrected chi connectivity index (χ4v) is 3.62. The van der Waals surface area contributed by atoms with Crippen LogP contribution >= 0.6 is 23.2 Å². The van der Waals surface area contributed by atoms with Gasteiger partial charge < -0.3 is 10.1 Å². The first kappa shape index (κ1) is 20.7. The molecule has 0 heterocycles. The van der Waals surface area contributed by atoms with Crippen molar-refractivity contribution < 1.29 is 14.3 Å². The number of hydrogen-bond acceptors (Lipinski definition) is 3. The fourth-order valence-electron chi connectivity index (χ4n) is 3.05. The molecule has 4 aromatic rings. The molecular formula is C24H16Cl2N2O3. The fraction of sp³-hybridized carbons (Fsp3) is 0. The summed E-state index contributed by atoms with van der Waals surface area (Å²) in [4.78, 5) is 24.8. The summed E-state index contributed by atoms with van der Waals surface area (Å²) in [5.74, 6) is 0.337. The van der Waals surface area contributed by atoms with E-state index in [1.807, 2.05) is 42.5 Å². The third-order valence-electron chi connectivity index (χ3n) is 4.50. The molecule has 0 spiro atoms. The number of hydrogen-bond donors (Lipinski definition) is 2. The molecule has 0 radical (unpaired) electrons. The van der Waals surface area contributed by atoms with E-state index in [1.165, 1.54) is 12.1 Å². The van der Waals surface area contributed by atoms with Gasteiger partial charge in [0.1, 0.15) is 5.75 Å². The number of nitrogens with one attached hydrogen (secondary N) is 2. The number of carbonyl (C=O) groups excluding carboxylic acids is 2. The van der Waals surface area contributed by atoms with Crippen LogP contribution in [-0.4, -0.2) is 11.9 Å². The highest BCUT2D eigenvalue weighted by atomic mass is 35.5. The number of rotatable bonds is 4. The molecule has 2 N–H and O–H groups in total. The number of ether oxygens (including phenoxy) is 1. The summed E-state index contributed by atoms with van der Waals surface area (Å²) in [6.07, 6.45) is 0. The minimum atomic E-state index is -0.740. The molecule has 0 bridgehead atoms. The van der Waals surface area contributed by atoms with Crippen molar-refractivity contribution in [1.29, 1.82) is 0 Å². The lowest BCUT2D eigenvalue weighted by Crippen LogP contribution is -2.34. The molecule has 0 aliphatic carbocycles. The molecular weight excluding hydrogens is 435 g/mol. The van der Waals surface area contributed by atoms with Crippen molar-refractivity contribution >= 4 is 51.6 Å². The molecule has 0 aliphatic rings. The average Bonchev–Trinajstić information content (AvgIpc) is 2.75. The maximum absolute atomic E-state index is 12.4. The number of fused-ring (bicyclic) bond motifs is 1. The van der Waals surface area contributed by atoms with Crippen LogP contribution < -0.4 is 15.4 Å².